The van der Waals surface area contributed by atoms with E-state index in [-0.39, 0.29) is 30.0 Å². The standard InChI is InChI=1S/C18H28ClN3O2.HI/c1-3-20-18(21-10-15(23)12-24-11-14-8-9-14)22-13(2)16-6-4-5-7-17(16)19;/h4-7,13-15,23H,3,8-12H2,1-2H3,(H2,20,21,22);1H. The Labute approximate surface area is 172 Å². The van der Waals surface area contributed by atoms with Gasteiger partial charge < -0.3 is 20.5 Å². The number of halogens is 2. The molecule has 0 heterocycles. The van der Waals surface area contributed by atoms with Gasteiger partial charge in [0.05, 0.1) is 25.3 Å². The minimum Gasteiger partial charge on any atom is -0.389 e. The fraction of sp³-hybridized carbons (Fsp3) is 0.611. The van der Waals surface area contributed by atoms with Crippen LogP contribution < -0.4 is 10.6 Å². The third-order valence-electron chi connectivity index (χ3n) is 3.89. The number of rotatable bonds is 9. The molecule has 0 saturated heterocycles. The molecule has 0 amide bonds. The lowest BCUT2D eigenvalue weighted by atomic mass is 10.1. The highest BCUT2D eigenvalue weighted by Gasteiger charge is 2.21. The average molecular weight is 482 g/mol. The zero-order chi connectivity index (χ0) is 17.4. The predicted molar refractivity (Wildman–Crippen MR) is 114 cm³/mol. The van der Waals surface area contributed by atoms with E-state index < -0.39 is 6.10 Å². The fourth-order valence-corrected chi connectivity index (χ4v) is 2.63. The van der Waals surface area contributed by atoms with Gasteiger partial charge in [0.25, 0.3) is 0 Å². The normalized spacial score (nSPS) is 16.7. The molecule has 0 radical (unpaired) electrons. The Balaban J connectivity index is 0.00000312. The number of guanidine groups is 1. The smallest absolute Gasteiger partial charge is 0.191 e. The Morgan fingerprint density at radius 1 is 1.40 bits per heavy atom. The molecule has 142 valence electrons. The third kappa shape index (κ3) is 8.57. The molecule has 0 bridgehead atoms. The molecule has 1 aliphatic rings. The quantitative estimate of drug-likeness (QED) is 0.287. The predicted octanol–water partition coefficient (Wildman–Crippen LogP) is 3.36. The summed E-state index contributed by atoms with van der Waals surface area (Å²) < 4.78 is 5.50. The molecule has 0 aliphatic heterocycles. The fourth-order valence-electron chi connectivity index (χ4n) is 2.33. The molecule has 1 saturated carbocycles. The molecule has 0 spiro atoms. The molecule has 1 fully saturated rings. The topological polar surface area (TPSA) is 65.9 Å². The first-order valence-electron chi connectivity index (χ1n) is 8.65. The maximum absolute atomic E-state index is 9.99. The van der Waals surface area contributed by atoms with Gasteiger partial charge in [0.2, 0.25) is 0 Å². The Morgan fingerprint density at radius 2 is 2.12 bits per heavy atom. The number of aliphatic hydroxyl groups is 1. The molecule has 2 unspecified atom stereocenters. The highest BCUT2D eigenvalue weighted by Crippen LogP contribution is 2.28. The van der Waals surface area contributed by atoms with E-state index in [9.17, 15) is 5.11 Å². The van der Waals surface area contributed by atoms with E-state index in [1.165, 1.54) is 12.8 Å². The number of ether oxygens (including phenoxy) is 1. The number of hydrogen-bond acceptors (Lipinski definition) is 3. The van der Waals surface area contributed by atoms with Crippen molar-refractivity contribution in [2.45, 2.75) is 38.8 Å². The van der Waals surface area contributed by atoms with E-state index >= 15 is 0 Å². The van der Waals surface area contributed by atoms with Crippen molar-refractivity contribution in [3.05, 3.63) is 34.9 Å². The first-order chi connectivity index (χ1) is 11.6. The summed E-state index contributed by atoms with van der Waals surface area (Å²) >= 11 is 6.24. The zero-order valence-corrected chi connectivity index (χ0v) is 18.0. The second-order valence-corrected chi connectivity index (χ2v) is 6.65. The van der Waals surface area contributed by atoms with Crippen molar-refractivity contribution in [2.75, 3.05) is 26.3 Å². The highest BCUT2D eigenvalue weighted by atomic mass is 127. The van der Waals surface area contributed by atoms with Crippen LogP contribution >= 0.6 is 35.6 Å². The average Bonchev–Trinajstić information content (AvgIpc) is 3.37. The maximum atomic E-state index is 9.99. The highest BCUT2D eigenvalue weighted by molar-refractivity contribution is 14.0. The zero-order valence-electron chi connectivity index (χ0n) is 14.9. The first kappa shape index (κ1) is 22.5. The van der Waals surface area contributed by atoms with Crippen LogP contribution in [0.5, 0.6) is 0 Å². The molecule has 5 nitrogen and oxygen atoms in total. The van der Waals surface area contributed by atoms with Crippen LogP contribution in [0.3, 0.4) is 0 Å². The van der Waals surface area contributed by atoms with Gasteiger partial charge in [-0.2, -0.15) is 0 Å². The Kier molecular flexibility index (Phi) is 10.7. The van der Waals surface area contributed by atoms with Gasteiger partial charge in [-0.25, -0.2) is 0 Å². The number of nitrogens with zero attached hydrogens (tertiary/aromatic N) is 1. The van der Waals surface area contributed by atoms with Gasteiger partial charge in [-0.3, -0.25) is 4.99 Å². The molecular weight excluding hydrogens is 453 g/mol. The molecule has 0 aromatic heterocycles. The summed E-state index contributed by atoms with van der Waals surface area (Å²) in [7, 11) is 0. The minimum absolute atomic E-state index is 0. The van der Waals surface area contributed by atoms with E-state index in [2.05, 4.69) is 15.6 Å². The number of benzene rings is 1. The lowest BCUT2D eigenvalue weighted by Crippen LogP contribution is -2.39. The summed E-state index contributed by atoms with van der Waals surface area (Å²) in [4.78, 5) is 4.44. The summed E-state index contributed by atoms with van der Waals surface area (Å²) in [5, 5.41) is 17.2. The van der Waals surface area contributed by atoms with Crippen LogP contribution in [-0.4, -0.2) is 43.5 Å². The second kappa shape index (κ2) is 11.9. The Bertz CT molecular complexity index is 541. The first-order valence-corrected chi connectivity index (χ1v) is 9.03. The van der Waals surface area contributed by atoms with E-state index in [0.717, 1.165) is 23.7 Å². The molecule has 7 heteroatoms. The SMILES string of the molecule is CCNC(=NCC(O)COCC1CC1)NC(C)c1ccccc1Cl.I. The van der Waals surface area contributed by atoms with Crippen LogP contribution in [0.1, 0.15) is 38.3 Å². The van der Waals surface area contributed by atoms with Crippen molar-refractivity contribution in [3.63, 3.8) is 0 Å². The number of aliphatic hydroxyl groups excluding tert-OH is 1. The van der Waals surface area contributed by atoms with Gasteiger partial charge >= 0.3 is 0 Å². The summed E-state index contributed by atoms with van der Waals surface area (Å²) in [6.45, 7) is 6.17. The van der Waals surface area contributed by atoms with Gasteiger partial charge in [-0.05, 0) is 44.2 Å². The maximum Gasteiger partial charge on any atom is 0.191 e. The van der Waals surface area contributed by atoms with Gasteiger partial charge in [0.15, 0.2) is 5.96 Å². The van der Waals surface area contributed by atoms with Gasteiger partial charge in [-0.15, -0.1) is 24.0 Å². The van der Waals surface area contributed by atoms with Crippen molar-refractivity contribution in [2.24, 2.45) is 10.9 Å². The Hall–Kier alpha value is -0.570. The van der Waals surface area contributed by atoms with Gasteiger partial charge in [0, 0.05) is 18.2 Å². The Morgan fingerprint density at radius 3 is 2.76 bits per heavy atom. The largest absolute Gasteiger partial charge is 0.389 e. The molecule has 1 aliphatic carbocycles. The minimum atomic E-state index is -0.588. The number of aliphatic imine (C=N–C) groups is 1. The molecule has 25 heavy (non-hydrogen) atoms. The van der Waals surface area contributed by atoms with E-state index in [1.54, 1.807) is 0 Å². The van der Waals surface area contributed by atoms with Crippen LogP contribution in [0.15, 0.2) is 29.3 Å². The van der Waals surface area contributed by atoms with Crippen molar-refractivity contribution < 1.29 is 9.84 Å². The summed E-state index contributed by atoms with van der Waals surface area (Å²) in [6, 6.07) is 7.75. The van der Waals surface area contributed by atoms with Gasteiger partial charge in [0.1, 0.15) is 0 Å². The monoisotopic (exact) mass is 481 g/mol. The van der Waals surface area contributed by atoms with Crippen LogP contribution in [0, 0.1) is 5.92 Å². The van der Waals surface area contributed by atoms with E-state index in [4.69, 9.17) is 16.3 Å². The molecule has 2 rings (SSSR count). The molecule has 1 aromatic carbocycles. The summed E-state index contributed by atoms with van der Waals surface area (Å²) in [6.07, 6.45) is 1.92. The number of hydrogen-bond donors (Lipinski definition) is 3. The van der Waals surface area contributed by atoms with Crippen molar-refractivity contribution in [3.8, 4) is 0 Å². The molecule has 3 N–H and O–H groups in total. The molecule has 2 atom stereocenters. The van der Waals surface area contributed by atoms with Crippen molar-refractivity contribution >= 4 is 41.5 Å². The van der Waals surface area contributed by atoms with Crippen LogP contribution in [-0.2, 0) is 4.74 Å². The summed E-state index contributed by atoms with van der Waals surface area (Å²) in [5.41, 5.74) is 1.01. The second-order valence-electron chi connectivity index (χ2n) is 6.24. The van der Waals surface area contributed by atoms with Crippen molar-refractivity contribution in [1.82, 2.24) is 10.6 Å². The number of nitrogens with one attached hydrogen (secondary N) is 2. The van der Waals surface area contributed by atoms with Crippen molar-refractivity contribution in [1.29, 1.82) is 0 Å². The van der Waals surface area contributed by atoms with Crippen LogP contribution in [0.2, 0.25) is 5.02 Å². The van der Waals surface area contributed by atoms with Gasteiger partial charge in [-0.1, -0.05) is 29.8 Å². The van der Waals surface area contributed by atoms with E-state index in [0.29, 0.717) is 25.0 Å². The lowest BCUT2D eigenvalue weighted by molar-refractivity contribution is 0.0368. The van der Waals surface area contributed by atoms with Crippen LogP contribution in [0.4, 0.5) is 0 Å². The van der Waals surface area contributed by atoms with E-state index in [1.807, 2.05) is 38.1 Å². The molecular formula is C18H29ClIN3O2. The summed E-state index contributed by atoms with van der Waals surface area (Å²) in [5.74, 6) is 1.36. The molecule has 1 aromatic rings. The third-order valence-corrected chi connectivity index (χ3v) is 4.23. The van der Waals surface area contributed by atoms with Crippen LogP contribution in [0.25, 0.3) is 0 Å². The lowest BCUT2D eigenvalue weighted by Gasteiger charge is -2.19.